The number of benzene rings is 1. The van der Waals surface area contributed by atoms with Crippen molar-refractivity contribution in [1.82, 2.24) is 19.5 Å². The Morgan fingerprint density at radius 2 is 1.86 bits per heavy atom. The molecule has 1 amide bonds. The number of nitrogens with zero attached hydrogens (tertiary/aromatic N) is 4. The van der Waals surface area contributed by atoms with Gasteiger partial charge in [-0.25, -0.2) is 9.50 Å². The maximum Gasteiger partial charge on any atom is 0.433 e. The van der Waals surface area contributed by atoms with Crippen LogP contribution in [0.1, 0.15) is 73.3 Å². The van der Waals surface area contributed by atoms with Crippen LogP contribution in [-0.2, 0) is 19.0 Å². The fourth-order valence-corrected chi connectivity index (χ4v) is 6.69. The van der Waals surface area contributed by atoms with E-state index in [1.807, 2.05) is 36.1 Å². The number of alkyl halides is 3. The summed E-state index contributed by atoms with van der Waals surface area (Å²) < 4.78 is 44.0. The van der Waals surface area contributed by atoms with Crippen molar-refractivity contribution in [3.8, 4) is 11.3 Å². The number of aromatic nitrogens is 3. The van der Waals surface area contributed by atoms with E-state index >= 15 is 0 Å². The first-order valence-electron chi connectivity index (χ1n) is 12.6. The zero-order chi connectivity index (χ0) is 24.5. The van der Waals surface area contributed by atoms with Gasteiger partial charge in [0.15, 0.2) is 17.0 Å². The Kier molecular flexibility index (Phi) is 5.20. The van der Waals surface area contributed by atoms with E-state index in [1.165, 1.54) is 6.07 Å². The number of amides is 1. The fourth-order valence-electron chi connectivity index (χ4n) is 6.69. The van der Waals surface area contributed by atoms with Gasteiger partial charge in [0.05, 0.1) is 5.69 Å². The molecule has 5 nitrogen and oxygen atoms in total. The van der Waals surface area contributed by atoms with Crippen LogP contribution >= 0.6 is 0 Å². The highest BCUT2D eigenvalue weighted by atomic mass is 19.4. The largest absolute Gasteiger partial charge is 0.433 e. The number of carbonyl (C=O) groups is 1. The SMILES string of the molecule is C[C@@H]1CC[C@@H]2[C@H](CC[C@@H](C)N2C(=O)c2cc3nc4c(c(C(F)(F)F)n3n2)CCc2ccccc2-4)C1. The summed E-state index contributed by atoms with van der Waals surface area (Å²) in [4.78, 5) is 20.3. The standard InChI is InChI=1S/C27H29F3N4O/c1-15-7-12-22-18(13-15)9-8-16(2)33(22)26(35)21-14-23-31-24-19-6-4-3-5-17(19)10-11-20(24)25(27(28,29)30)34(23)32-21/h3-6,14-16,18,22H,7-13H2,1-2H3/t15-,16-,18-,22-/m1/s1. The van der Waals surface area contributed by atoms with Crippen LogP contribution in [-0.4, -0.2) is 37.5 Å². The number of hydrogen-bond donors (Lipinski definition) is 0. The van der Waals surface area contributed by atoms with Gasteiger partial charge in [-0.1, -0.05) is 31.2 Å². The number of fused-ring (bicyclic) bond motifs is 5. The number of halogens is 3. The first kappa shape index (κ1) is 22.6. The van der Waals surface area contributed by atoms with E-state index in [0.29, 0.717) is 24.0 Å². The predicted octanol–water partition coefficient (Wildman–Crippen LogP) is 5.94. The summed E-state index contributed by atoms with van der Waals surface area (Å²) >= 11 is 0. The van der Waals surface area contributed by atoms with Gasteiger partial charge in [0.1, 0.15) is 0 Å². The van der Waals surface area contributed by atoms with Gasteiger partial charge in [-0.3, -0.25) is 4.79 Å². The van der Waals surface area contributed by atoms with Gasteiger partial charge in [0.2, 0.25) is 0 Å². The second-order valence-corrected chi connectivity index (χ2v) is 10.6. The van der Waals surface area contributed by atoms with E-state index in [1.54, 1.807) is 0 Å². The molecule has 1 aromatic carbocycles. The zero-order valence-electron chi connectivity index (χ0n) is 20.0. The Hall–Kier alpha value is -2.90. The molecule has 0 spiro atoms. The van der Waals surface area contributed by atoms with E-state index in [4.69, 9.17) is 0 Å². The normalized spacial score (nSPS) is 26.3. The summed E-state index contributed by atoms with van der Waals surface area (Å²) in [5.74, 6) is 0.812. The van der Waals surface area contributed by atoms with Crippen molar-refractivity contribution in [2.24, 2.45) is 11.8 Å². The van der Waals surface area contributed by atoms with Crippen LogP contribution in [0.5, 0.6) is 0 Å². The summed E-state index contributed by atoms with van der Waals surface area (Å²) in [5, 5.41) is 4.25. The van der Waals surface area contributed by atoms with Crippen molar-refractivity contribution < 1.29 is 18.0 Å². The minimum absolute atomic E-state index is 0.0390. The lowest BCUT2D eigenvalue weighted by molar-refractivity contribution is -0.143. The molecule has 0 unspecified atom stereocenters. The van der Waals surface area contributed by atoms with Crippen molar-refractivity contribution in [3.05, 3.63) is 52.8 Å². The van der Waals surface area contributed by atoms with Crippen molar-refractivity contribution in [2.45, 2.75) is 77.1 Å². The van der Waals surface area contributed by atoms with E-state index in [0.717, 1.165) is 47.7 Å². The lowest BCUT2D eigenvalue weighted by Crippen LogP contribution is -2.54. The molecule has 0 bridgehead atoms. The summed E-state index contributed by atoms with van der Waals surface area (Å²) in [5.41, 5.74) is 1.50. The number of hydrogen-bond acceptors (Lipinski definition) is 3. The van der Waals surface area contributed by atoms with Gasteiger partial charge in [-0.2, -0.15) is 18.3 Å². The number of likely N-dealkylation sites (tertiary alicyclic amines) is 1. The van der Waals surface area contributed by atoms with Gasteiger partial charge in [-0.05, 0) is 69.3 Å². The molecule has 35 heavy (non-hydrogen) atoms. The van der Waals surface area contributed by atoms with E-state index in [-0.39, 0.29) is 41.3 Å². The second-order valence-electron chi connectivity index (χ2n) is 10.6. The molecule has 1 aliphatic heterocycles. The van der Waals surface area contributed by atoms with Crippen molar-refractivity contribution in [1.29, 1.82) is 0 Å². The molecular formula is C27H29F3N4O. The first-order chi connectivity index (χ1) is 16.7. The maximum absolute atomic E-state index is 14.4. The van der Waals surface area contributed by atoms with Crippen molar-refractivity contribution in [2.75, 3.05) is 0 Å². The Morgan fingerprint density at radius 1 is 1.06 bits per heavy atom. The van der Waals surface area contributed by atoms with Gasteiger partial charge >= 0.3 is 6.18 Å². The average molecular weight is 483 g/mol. The van der Waals surface area contributed by atoms with E-state index in [9.17, 15) is 18.0 Å². The molecule has 0 N–H and O–H groups in total. The zero-order valence-corrected chi connectivity index (χ0v) is 20.0. The molecule has 1 saturated carbocycles. The molecule has 8 heteroatoms. The summed E-state index contributed by atoms with van der Waals surface area (Å²) in [6.45, 7) is 4.30. The number of piperidine rings is 1. The molecule has 3 heterocycles. The molecule has 6 rings (SSSR count). The smallest absolute Gasteiger partial charge is 0.331 e. The fraction of sp³-hybridized carbons (Fsp3) is 0.519. The van der Waals surface area contributed by atoms with Gasteiger partial charge in [0, 0.05) is 29.3 Å². The molecule has 3 aliphatic rings. The van der Waals surface area contributed by atoms with E-state index < -0.39 is 11.9 Å². The molecule has 4 atom stereocenters. The molecule has 2 aliphatic carbocycles. The highest BCUT2D eigenvalue weighted by molar-refractivity contribution is 5.94. The minimum atomic E-state index is -4.62. The van der Waals surface area contributed by atoms with Crippen LogP contribution in [0.2, 0.25) is 0 Å². The van der Waals surface area contributed by atoms with E-state index in [2.05, 4.69) is 17.0 Å². The van der Waals surface area contributed by atoms with Crippen LogP contribution in [0.3, 0.4) is 0 Å². The van der Waals surface area contributed by atoms with Crippen LogP contribution < -0.4 is 0 Å². The van der Waals surface area contributed by atoms with Crippen LogP contribution in [0, 0.1) is 11.8 Å². The van der Waals surface area contributed by atoms with Gasteiger partial charge < -0.3 is 4.90 Å². The molecule has 1 saturated heterocycles. The second kappa shape index (κ2) is 8.07. The van der Waals surface area contributed by atoms with Crippen molar-refractivity contribution in [3.63, 3.8) is 0 Å². The first-order valence-corrected chi connectivity index (χ1v) is 12.6. The summed E-state index contributed by atoms with van der Waals surface area (Å²) in [6, 6.07) is 9.07. The van der Waals surface area contributed by atoms with Gasteiger partial charge in [-0.15, -0.1) is 0 Å². The Bertz CT molecular complexity index is 1310. The monoisotopic (exact) mass is 482 g/mol. The predicted molar refractivity (Wildman–Crippen MR) is 126 cm³/mol. The Balaban J connectivity index is 1.47. The Morgan fingerprint density at radius 3 is 2.66 bits per heavy atom. The topological polar surface area (TPSA) is 50.5 Å². The molecule has 2 aromatic heterocycles. The number of aryl methyl sites for hydroxylation is 1. The number of carbonyl (C=O) groups excluding carboxylic acids is 1. The Labute approximate surface area is 202 Å². The lowest BCUT2D eigenvalue weighted by atomic mass is 9.72. The molecular weight excluding hydrogens is 453 g/mol. The summed E-state index contributed by atoms with van der Waals surface area (Å²) in [6.07, 6.45) is 1.23. The quantitative estimate of drug-likeness (QED) is 0.431. The third-order valence-electron chi connectivity index (χ3n) is 8.33. The van der Waals surface area contributed by atoms with Crippen LogP contribution in [0.4, 0.5) is 13.2 Å². The highest BCUT2D eigenvalue weighted by Crippen LogP contribution is 2.42. The van der Waals surface area contributed by atoms with Crippen LogP contribution in [0.25, 0.3) is 16.9 Å². The average Bonchev–Trinajstić information content (AvgIpc) is 3.25. The van der Waals surface area contributed by atoms with Gasteiger partial charge in [0.25, 0.3) is 5.91 Å². The minimum Gasteiger partial charge on any atom is -0.331 e. The van der Waals surface area contributed by atoms with Crippen molar-refractivity contribution >= 4 is 11.6 Å². The molecule has 2 fully saturated rings. The van der Waals surface area contributed by atoms with Crippen LogP contribution in [0.15, 0.2) is 30.3 Å². The molecule has 3 aromatic rings. The third-order valence-corrected chi connectivity index (χ3v) is 8.33. The number of rotatable bonds is 1. The summed E-state index contributed by atoms with van der Waals surface area (Å²) in [7, 11) is 0. The maximum atomic E-state index is 14.4. The molecule has 0 radical (unpaired) electrons. The third kappa shape index (κ3) is 3.64. The highest BCUT2D eigenvalue weighted by Gasteiger charge is 2.43. The molecule has 184 valence electrons. The lowest BCUT2D eigenvalue weighted by Gasteiger charge is -2.48.